The summed E-state index contributed by atoms with van der Waals surface area (Å²) >= 11 is 0. The van der Waals surface area contributed by atoms with Crippen molar-refractivity contribution in [2.75, 3.05) is 19.8 Å². The van der Waals surface area contributed by atoms with Gasteiger partial charge < -0.3 is 14.6 Å². The van der Waals surface area contributed by atoms with Crippen LogP contribution in [0, 0.1) is 11.7 Å². The first-order chi connectivity index (χ1) is 9.16. The Morgan fingerprint density at radius 1 is 1.58 bits per heavy atom. The molecule has 0 aromatic heterocycles. The smallest absolute Gasteiger partial charge is 0.328 e. The molecule has 0 aliphatic carbocycles. The Morgan fingerprint density at radius 2 is 2.42 bits per heavy atom. The van der Waals surface area contributed by atoms with Crippen molar-refractivity contribution < 1.29 is 23.8 Å². The van der Waals surface area contributed by atoms with E-state index >= 15 is 0 Å². The Kier molecular flexibility index (Phi) is 4.52. The maximum absolute atomic E-state index is 13.7. The molecule has 0 radical (unpaired) electrons. The summed E-state index contributed by atoms with van der Waals surface area (Å²) in [5.41, 5.74) is 0.418. The summed E-state index contributed by atoms with van der Waals surface area (Å²) in [5.74, 6) is -1.23. The van der Waals surface area contributed by atoms with Crippen LogP contribution >= 0.6 is 0 Å². The van der Waals surface area contributed by atoms with Crippen LogP contribution in [-0.4, -0.2) is 30.9 Å². The molecule has 1 saturated heterocycles. The monoisotopic (exact) mass is 266 g/mol. The third-order valence-electron chi connectivity index (χ3n) is 2.89. The van der Waals surface area contributed by atoms with Crippen LogP contribution in [0.2, 0.25) is 0 Å². The highest BCUT2D eigenvalue weighted by Crippen LogP contribution is 2.25. The molecule has 0 amide bonds. The fourth-order valence-corrected chi connectivity index (χ4v) is 1.89. The van der Waals surface area contributed by atoms with Crippen LogP contribution in [0.4, 0.5) is 4.39 Å². The van der Waals surface area contributed by atoms with E-state index in [4.69, 9.17) is 14.6 Å². The molecular weight excluding hydrogens is 251 g/mol. The Labute approximate surface area is 110 Å². The summed E-state index contributed by atoms with van der Waals surface area (Å²) in [6.07, 6.45) is 3.18. The van der Waals surface area contributed by atoms with Crippen molar-refractivity contribution in [3.63, 3.8) is 0 Å². The SMILES string of the molecule is O=C(O)/C=C/c1cccc(F)c1OCC1CCOC1. The molecule has 0 saturated carbocycles. The number of hydrogen-bond acceptors (Lipinski definition) is 3. The Morgan fingerprint density at radius 3 is 3.11 bits per heavy atom. The van der Waals surface area contributed by atoms with Crippen LogP contribution in [0.3, 0.4) is 0 Å². The van der Waals surface area contributed by atoms with Crippen LogP contribution in [0.1, 0.15) is 12.0 Å². The van der Waals surface area contributed by atoms with Crippen LogP contribution in [-0.2, 0) is 9.53 Å². The summed E-state index contributed by atoms with van der Waals surface area (Å²) in [7, 11) is 0. The second-order valence-corrected chi connectivity index (χ2v) is 4.37. The maximum atomic E-state index is 13.7. The van der Waals surface area contributed by atoms with E-state index in [0.29, 0.717) is 25.4 Å². The van der Waals surface area contributed by atoms with E-state index < -0.39 is 11.8 Å². The fourth-order valence-electron chi connectivity index (χ4n) is 1.89. The average molecular weight is 266 g/mol. The highest BCUT2D eigenvalue weighted by atomic mass is 19.1. The van der Waals surface area contributed by atoms with E-state index in [-0.39, 0.29) is 11.7 Å². The number of carbonyl (C=O) groups is 1. The van der Waals surface area contributed by atoms with Crippen molar-refractivity contribution in [2.45, 2.75) is 6.42 Å². The Bertz CT molecular complexity index is 478. The third-order valence-corrected chi connectivity index (χ3v) is 2.89. The molecule has 1 unspecified atom stereocenters. The van der Waals surface area contributed by atoms with Gasteiger partial charge in [-0.3, -0.25) is 0 Å². The molecular formula is C14H15FO4. The van der Waals surface area contributed by atoms with Crippen LogP contribution in [0.25, 0.3) is 6.08 Å². The lowest BCUT2D eigenvalue weighted by Crippen LogP contribution is -2.12. The van der Waals surface area contributed by atoms with E-state index in [9.17, 15) is 9.18 Å². The van der Waals surface area contributed by atoms with Gasteiger partial charge in [0.25, 0.3) is 0 Å². The number of rotatable bonds is 5. The van der Waals surface area contributed by atoms with Crippen molar-refractivity contribution in [1.82, 2.24) is 0 Å². The summed E-state index contributed by atoms with van der Waals surface area (Å²) in [6, 6.07) is 4.42. The summed E-state index contributed by atoms with van der Waals surface area (Å²) < 4.78 is 24.4. The second kappa shape index (κ2) is 6.33. The van der Waals surface area contributed by atoms with E-state index in [2.05, 4.69) is 0 Å². The molecule has 0 bridgehead atoms. The summed E-state index contributed by atoms with van der Waals surface area (Å²) in [4.78, 5) is 10.5. The molecule has 1 aliphatic heterocycles. The van der Waals surface area contributed by atoms with E-state index in [1.165, 1.54) is 18.2 Å². The van der Waals surface area contributed by atoms with Gasteiger partial charge >= 0.3 is 5.97 Å². The second-order valence-electron chi connectivity index (χ2n) is 4.37. The van der Waals surface area contributed by atoms with Gasteiger partial charge in [-0.05, 0) is 18.6 Å². The lowest BCUT2D eigenvalue weighted by molar-refractivity contribution is -0.131. The summed E-state index contributed by atoms with van der Waals surface area (Å²) in [5, 5.41) is 8.60. The lowest BCUT2D eigenvalue weighted by Gasteiger charge is -2.13. The zero-order valence-electron chi connectivity index (χ0n) is 10.3. The third kappa shape index (κ3) is 3.79. The molecule has 5 heteroatoms. The predicted octanol–water partition coefficient (Wildman–Crippen LogP) is 2.34. The molecule has 1 aliphatic rings. The molecule has 1 atom stereocenters. The first-order valence-electron chi connectivity index (χ1n) is 6.07. The van der Waals surface area contributed by atoms with Gasteiger partial charge in [-0.1, -0.05) is 12.1 Å². The molecule has 0 spiro atoms. The topological polar surface area (TPSA) is 55.8 Å². The molecule has 1 heterocycles. The number of aliphatic carboxylic acids is 1. The zero-order valence-corrected chi connectivity index (χ0v) is 10.3. The fraction of sp³-hybridized carbons (Fsp3) is 0.357. The summed E-state index contributed by atoms with van der Waals surface area (Å²) in [6.45, 7) is 1.70. The highest BCUT2D eigenvalue weighted by molar-refractivity contribution is 5.85. The number of para-hydroxylation sites is 1. The maximum Gasteiger partial charge on any atom is 0.328 e. The van der Waals surface area contributed by atoms with Gasteiger partial charge in [-0.2, -0.15) is 0 Å². The number of carboxylic acid groups (broad SMARTS) is 1. The first-order valence-corrected chi connectivity index (χ1v) is 6.07. The van der Waals surface area contributed by atoms with Crippen LogP contribution < -0.4 is 4.74 Å². The van der Waals surface area contributed by atoms with Crippen LogP contribution in [0.5, 0.6) is 5.75 Å². The molecule has 1 fully saturated rings. The number of ether oxygens (including phenoxy) is 2. The van der Waals surface area contributed by atoms with Crippen molar-refractivity contribution in [3.05, 3.63) is 35.7 Å². The van der Waals surface area contributed by atoms with E-state index in [1.807, 2.05) is 0 Å². The first kappa shape index (κ1) is 13.5. The van der Waals surface area contributed by atoms with Gasteiger partial charge in [0.05, 0.1) is 13.2 Å². The van der Waals surface area contributed by atoms with Crippen molar-refractivity contribution in [3.8, 4) is 5.75 Å². The van der Waals surface area contributed by atoms with Gasteiger partial charge in [-0.25, -0.2) is 9.18 Å². The minimum Gasteiger partial charge on any atom is -0.490 e. The standard InChI is InChI=1S/C14H15FO4/c15-12-3-1-2-11(4-5-13(16)17)14(12)19-9-10-6-7-18-8-10/h1-5,10H,6-9H2,(H,16,17)/b5-4+. The van der Waals surface area contributed by atoms with Gasteiger partial charge in [0, 0.05) is 24.2 Å². The van der Waals surface area contributed by atoms with E-state index in [1.54, 1.807) is 6.07 Å². The number of benzene rings is 1. The van der Waals surface area contributed by atoms with Crippen LogP contribution in [0.15, 0.2) is 24.3 Å². The highest BCUT2D eigenvalue weighted by Gasteiger charge is 2.18. The molecule has 1 aromatic carbocycles. The molecule has 1 N–H and O–H groups in total. The molecule has 1 aromatic rings. The Hall–Kier alpha value is -1.88. The van der Waals surface area contributed by atoms with Gasteiger partial charge in [0.15, 0.2) is 11.6 Å². The Balaban J connectivity index is 2.10. The van der Waals surface area contributed by atoms with Crippen molar-refractivity contribution in [2.24, 2.45) is 5.92 Å². The van der Waals surface area contributed by atoms with Crippen molar-refractivity contribution in [1.29, 1.82) is 0 Å². The van der Waals surface area contributed by atoms with Gasteiger partial charge in [0.1, 0.15) is 0 Å². The quantitative estimate of drug-likeness (QED) is 0.831. The minimum absolute atomic E-state index is 0.0897. The average Bonchev–Trinajstić information content (AvgIpc) is 2.88. The van der Waals surface area contributed by atoms with E-state index in [0.717, 1.165) is 12.5 Å². The number of carboxylic acids is 1. The lowest BCUT2D eigenvalue weighted by atomic mass is 10.1. The minimum atomic E-state index is -1.08. The predicted molar refractivity (Wildman–Crippen MR) is 67.5 cm³/mol. The molecule has 2 rings (SSSR count). The largest absolute Gasteiger partial charge is 0.490 e. The van der Waals surface area contributed by atoms with Gasteiger partial charge in [0.2, 0.25) is 0 Å². The van der Waals surface area contributed by atoms with Crippen molar-refractivity contribution >= 4 is 12.0 Å². The zero-order chi connectivity index (χ0) is 13.7. The normalized spacial score (nSPS) is 18.9. The number of hydrogen-bond donors (Lipinski definition) is 1. The molecule has 19 heavy (non-hydrogen) atoms. The number of halogens is 1. The van der Waals surface area contributed by atoms with Gasteiger partial charge in [-0.15, -0.1) is 0 Å². The molecule has 102 valence electrons. The molecule has 4 nitrogen and oxygen atoms in total.